The molecule has 1 amide bonds. The van der Waals surface area contributed by atoms with Crippen molar-refractivity contribution in [2.45, 2.75) is 26.9 Å². The number of halogens is 3. The molecule has 1 aliphatic heterocycles. The van der Waals surface area contributed by atoms with Gasteiger partial charge in [0.2, 0.25) is 5.91 Å². The number of amides is 1. The molecule has 0 unspecified atom stereocenters. The van der Waals surface area contributed by atoms with Gasteiger partial charge in [-0.15, -0.1) is 37.2 Å². The summed E-state index contributed by atoms with van der Waals surface area (Å²) in [6.07, 6.45) is 0. The van der Waals surface area contributed by atoms with Crippen LogP contribution in [0.25, 0.3) is 0 Å². The summed E-state index contributed by atoms with van der Waals surface area (Å²) < 4.78 is 2.02. The Morgan fingerprint density at radius 3 is 2.39 bits per heavy atom. The third kappa shape index (κ3) is 7.26. The van der Waals surface area contributed by atoms with E-state index in [1.165, 1.54) is 5.56 Å². The molecule has 1 fully saturated rings. The lowest BCUT2D eigenvalue weighted by Crippen LogP contribution is -2.47. The summed E-state index contributed by atoms with van der Waals surface area (Å²) in [6, 6.07) is 10.3. The lowest BCUT2D eigenvalue weighted by atomic mass is 10.2. The first-order valence-corrected chi connectivity index (χ1v) is 8.90. The molecule has 9 heteroatoms. The number of carbonyl (C=O) groups excluding carboxylic acids is 1. The first kappa shape index (κ1) is 26.7. The maximum Gasteiger partial charge on any atom is 0.234 e. The number of hydrogen-bond acceptors (Lipinski definition) is 4. The van der Waals surface area contributed by atoms with Gasteiger partial charge in [0.25, 0.3) is 0 Å². The fraction of sp³-hybridized carbons (Fsp3) is 0.474. The molecule has 2 N–H and O–H groups in total. The van der Waals surface area contributed by atoms with Gasteiger partial charge in [-0.25, -0.2) is 0 Å². The Morgan fingerprint density at radius 1 is 1.11 bits per heavy atom. The van der Waals surface area contributed by atoms with Crippen LogP contribution in [0.5, 0.6) is 0 Å². The summed E-state index contributed by atoms with van der Waals surface area (Å²) in [5, 5.41) is 11.0. The molecule has 2 heterocycles. The number of piperazine rings is 1. The van der Waals surface area contributed by atoms with Crippen LogP contribution in [0, 0.1) is 13.8 Å². The van der Waals surface area contributed by atoms with E-state index in [2.05, 4.69) is 39.7 Å². The average Bonchev–Trinajstić information content (AvgIpc) is 2.88. The first-order chi connectivity index (χ1) is 12.1. The van der Waals surface area contributed by atoms with Crippen LogP contribution in [-0.2, 0) is 17.9 Å². The zero-order valence-corrected chi connectivity index (χ0v) is 18.8. The van der Waals surface area contributed by atoms with Crippen LogP contribution in [0.3, 0.4) is 0 Å². The quantitative estimate of drug-likeness (QED) is 0.709. The summed E-state index contributed by atoms with van der Waals surface area (Å²) in [5.74, 6) is 0.0801. The molecule has 6 nitrogen and oxygen atoms in total. The van der Waals surface area contributed by atoms with Gasteiger partial charge >= 0.3 is 0 Å². The summed E-state index contributed by atoms with van der Waals surface area (Å²) in [4.78, 5) is 14.4. The summed E-state index contributed by atoms with van der Waals surface area (Å²) in [7, 11) is 0. The van der Waals surface area contributed by atoms with E-state index in [1.807, 2.05) is 29.8 Å². The van der Waals surface area contributed by atoms with E-state index in [0.717, 1.165) is 49.7 Å². The van der Waals surface area contributed by atoms with Crippen molar-refractivity contribution in [3.05, 3.63) is 52.8 Å². The molecule has 0 aliphatic carbocycles. The van der Waals surface area contributed by atoms with Crippen molar-refractivity contribution < 1.29 is 4.79 Å². The maximum absolute atomic E-state index is 12.2. The highest BCUT2D eigenvalue weighted by atomic mass is 35.5. The maximum atomic E-state index is 12.2. The Bertz CT molecular complexity index is 718. The van der Waals surface area contributed by atoms with E-state index in [9.17, 15) is 4.79 Å². The second kappa shape index (κ2) is 13.0. The van der Waals surface area contributed by atoms with Gasteiger partial charge in [0.05, 0.1) is 18.8 Å². The standard InChI is InChI=1S/C19H27N5O.3ClH/c1-15-18(12-21-19(25)14-23-10-8-20-9-11-23)16(2)24(22-15)13-17-6-4-3-5-7-17;;;/h3-7,20H,8-14H2,1-2H3,(H,21,25);3*1H. The molecule has 1 aromatic heterocycles. The molecule has 0 saturated carbocycles. The second-order valence-electron chi connectivity index (χ2n) is 6.60. The Labute approximate surface area is 185 Å². The van der Waals surface area contributed by atoms with Gasteiger partial charge in [-0.2, -0.15) is 5.10 Å². The highest BCUT2D eigenvalue weighted by Crippen LogP contribution is 2.14. The molecule has 158 valence electrons. The molecule has 0 radical (unpaired) electrons. The second-order valence-corrected chi connectivity index (χ2v) is 6.60. The SMILES string of the molecule is Cc1nn(Cc2ccccc2)c(C)c1CNC(=O)CN1CCNCC1.Cl.Cl.Cl. The lowest BCUT2D eigenvalue weighted by Gasteiger charge is -2.26. The van der Waals surface area contributed by atoms with Crippen molar-refractivity contribution in [3.63, 3.8) is 0 Å². The molecular weight excluding hydrogens is 421 g/mol. The molecule has 28 heavy (non-hydrogen) atoms. The molecule has 1 saturated heterocycles. The predicted octanol–water partition coefficient (Wildman–Crippen LogP) is 2.34. The van der Waals surface area contributed by atoms with Crippen LogP contribution in [0.1, 0.15) is 22.5 Å². The summed E-state index contributed by atoms with van der Waals surface area (Å²) in [6.45, 7) is 9.61. The van der Waals surface area contributed by atoms with Gasteiger partial charge < -0.3 is 10.6 Å². The Balaban J connectivity index is 0.00000243. The lowest BCUT2D eigenvalue weighted by molar-refractivity contribution is -0.122. The topological polar surface area (TPSA) is 62.2 Å². The fourth-order valence-corrected chi connectivity index (χ4v) is 3.22. The molecule has 0 bridgehead atoms. The molecule has 0 spiro atoms. The third-order valence-electron chi connectivity index (χ3n) is 4.75. The Hall–Kier alpha value is -1.31. The normalized spacial score (nSPS) is 13.6. The van der Waals surface area contributed by atoms with E-state index >= 15 is 0 Å². The van der Waals surface area contributed by atoms with E-state index in [4.69, 9.17) is 0 Å². The number of hydrogen-bond donors (Lipinski definition) is 2. The highest BCUT2D eigenvalue weighted by Gasteiger charge is 2.16. The van der Waals surface area contributed by atoms with Gasteiger partial charge in [0.1, 0.15) is 0 Å². The average molecular weight is 451 g/mol. The van der Waals surface area contributed by atoms with Gasteiger partial charge in [0.15, 0.2) is 0 Å². The van der Waals surface area contributed by atoms with Crippen molar-refractivity contribution in [1.29, 1.82) is 0 Å². The zero-order valence-electron chi connectivity index (χ0n) is 16.3. The minimum atomic E-state index is 0. The van der Waals surface area contributed by atoms with Crippen molar-refractivity contribution in [2.24, 2.45) is 0 Å². The van der Waals surface area contributed by atoms with Crippen LogP contribution in [0.2, 0.25) is 0 Å². The smallest absolute Gasteiger partial charge is 0.234 e. The number of rotatable bonds is 6. The molecule has 3 rings (SSSR count). The van der Waals surface area contributed by atoms with Gasteiger partial charge in [-0.05, 0) is 19.4 Å². The minimum Gasteiger partial charge on any atom is -0.351 e. The zero-order chi connectivity index (χ0) is 17.6. The van der Waals surface area contributed by atoms with Crippen molar-refractivity contribution in [3.8, 4) is 0 Å². The number of nitrogens with zero attached hydrogens (tertiary/aromatic N) is 3. The van der Waals surface area contributed by atoms with Crippen LogP contribution in [0.4, 0.5) is 0 Å². The molecule has 1 aliphatic rings. The Morgan fingerprint density at radius 2 is 1.75 bits per heavy atom. The van der Waals surface area contributed by atoms with E-state index in [-0.39, 0.29) is 43.1 Å². The predicted molar refractivity (Wildman–Crippen MR) is 120 cm³/mol. The van der Waals surface area contributed by atoms with Crippen LogP contribution in [0.15, 0.2) is 30.3 Å². The van der Waals surface area contributed by atoms with Crippen LogP contribution in [-0.4, -0.2) is 53.3 Å². The number of benzene rings is 1. The molecule has 2 aromatic rings. The van der Waals surface area contributed by atoms with E-state index in [1.54, 1.807) is 0 Å². The molecular formula is C19H30Cl3N5O. The summed E-state index contributed by atoms with van der Waals surface area (Å²) >= 11 is 0. The first-order valence-electron chi connectivity index (χ1n) is 8.90. The van der Waals surface area contributed by atoms with Gasteiger partial charge in [-0.1, -0.05) is 30.3 Å². The summed E-state index contributed by atoms with van der Waals surface area (Å²) in [5.41, 5.74) is 4.44. The monoisotopic (exact) mass is 449 g/mol. The van der Waals surface area contributed by atoms with Crippen molar-refractivity contribution in [2.75, 3.05) is 32.7 Å². The number of aryl methyl sites for hydroxylation is 1. The number of aromatic nitrogens is 2. The van der Waals surface area contributed by atoms with E-state index < -0.39 is 0 Å². The van der Waals surface area contributed by atoms with Crippen molar-refractivity contribution >= 4 is 43.1 Å². The molecule has 0 atom stereocenters. The van der Waals surface area contributed by atoms with Crippen LogP contribution >= 0.6 is 37.2 Å². The van der Waals surface area contributed by atoms with E-state index in [0.29, 0.717) is 13.1 Å². The van der Waals surface area contributed by atoms with Crippen molar-refractivity contribution in [1.82, 2.24) is 25.3 Å². The Kier molecular flexibility index (Phi) is 12.4. The highest BCUT2D eigenvalue weighted by molar-refractivity contribution is 5.86. The number of carbonyl (C=O) groups is 1. The van der Waals surface area contributed by atoms with Gasteiger partial charge in [-0.3, -0.25) is 14.4 Å². The van der Waals surface area contributed by atoms with Gasteiger partial charge in [0, 0.05) is 44.0 Å². The minimum absolute atomic E-state index is 0. The largest absolute Gasteiger partial charge is 0.351 e. The molecule has 1 aromatic carbocycles. The van der Waals surface area contributed by atoms with Crippen LogP contribution < -0.4 is 10.6 Å². The third-order valence-corrected chi connectivity index (χ3v) is 4.75. The number of nitrogens with one attached hydrogen (secondary N) is 2. The fourth-order valence-electron chi connectivity index (χ4n) is 3.22.